The Bertz CT molecular complexity index is 397. The number of hydrogen-bond acceptors (Lipinski definition) is 1. The summed E-state index contributed by atoms with van der Waals surface area (Å²) in [4.78, 5) is 0. The summed E-state index contributed by atoms with van der Waals surface area (Å²) in [5.41, 5.74) is 0.900. The monoisotopic (exact) mass is 248 g/mol. The minimum Gasteiger partial charge on any atom is -0.366 e. The SMILES string of the molecule is ClCCCOC1(c2ccccc2)C=CC=CC1. The fourth-order valence-corrected chi connectivity index (χ4v) is 2.14. The minimum atomic E-state index is -0.304. The van der Waals surface area contributed by atoms with Crippen LogP contribution in [-0.4, -0.2) is 12.5 Å². The van der Waals surface area contributed by atoms with Gasteiger partial charge in [-0.2, -0.15) is 0 Å². The van der Waals surface area contributed by atoms with Crippen molar-refractivity contribution in [3.05, 3.63) is 60.2 Å². The highest BCUT2D eigenvalue weighted by Gasteiger charge is 2.29. The summed E-state index contributed by atoms with van der Waals surface area (Å²) in [6.07, 6.45) is 10.2. The molecule has 0 saturated heterocycles. The third-order valence-corrected chi connectivity index (χ3v) is 3.20. The van der Waals surface area contributed by atoms with Crippen molar-refractivity contribution in [2.45, 2.75) is 18.4 Å². The minimum absolute atomic E-state index is 0.304. The highest BCUT2D eigenvalue weighted by Crippen LogP contribution is 2.34. The maximum absolute atomic E-state index is 6.07. The van der Waals surface area contributed by atoms with E-state index in [4.69, 9.17) is 16.3 Å². The lowest BCUT2D eigenvalue weighted by Gasteiger charge is -2.32. The van der Waals surface area contributed by atoms with Crippen LogP contribution in [0.3, 0.4) is 0 Å². The van der Waals surface area contributed by atoms with E-state index >= 15 is 0 Å². The maximum Gasteiger partial charge on any atom is 0.115 e. The first kappa shape index (κ1) is 12.4. The van der Waals surface area contributed by atoms with Crippen LogP contribution in [0.1, 0.15) is 18.4 Å². The Morgan fingerprint density at radius 3 is 2.65 bits per heavy atom. The van der Waals surface area contributed by atoms with Gasteiger partial charge < -0.3 is 4.74 Å². The molecule has 0 bridgehead atoms. The van der Waals surface area contributed by atoms with Gasteiger partial charge in [-0.3, -0.25) is 0 Å². The number of allylic oxidation sites excluding steroid dienone is 2. The second kappa shape index (κ2) is 6.04. The number of rotatable bonds is 5. The molecule has 0 heterocycles. The van der Waals surface area contributed by atoms with Crippen molar-refractivity contribution in [1.29, 1.82) is 0 Å². The van der Waals surface area contributed by atoms with Gasteiger partial charge in [-0.05, 0) is 18.1 Å². The Morgan fingerprint density at radius 2 is 2.00 bits per heavy atom. The number of halogens is 1. The number of alkyl halides is 1. The van der Waals surface area contributed by atoms with Gasteiger partial charge in [0.1, 0.15) is 5.60 Å². The topological polar surface area (TPSA) is 9.23 Å². The third kappa shape index (κ3) is 2.99. The van der Waals surface area contributed by atoms with Crippen LogP contribution in [0.2, 0.25) is 0 Å². The van der Waals surface area contributed by atoms with E-state index in [1.807, 2.05) is 18.2 Å². The first-order valence-electron chi connectivity index (χ1n) is 5.97. The van der Waals surface area contributed by atoms with Gasteiger partial charge in [-0.1, -0.05) is 48.6 Å². The molecule has 0 fully saturated rings. The average Bonchev–Trinajstić information content (AvgIpc) is 2.41. The van der Waals surface area contributed by atoms with Gasteiger partial charge in [0.2, 0.25) is 0 Å². The van der Waals surface area contributed by atoms with Crippen molar-refractivity contribution in [3.63, 3.8) is 0 Å². The van der Waals surface area contributed by atoms with E-state index in [0.717, 1.165) is 12.8 Å². The highest BCUT2D eigenvalue weighted by molar-refractivity contribution is 6.17. The molecule has 1 aromatic rings. The highest BCUT2D eigenvalue weighted by atomic mass is 35.5. The van der Waals surface area contributed by atoms with Crippen LogP contribution in [0.25, 0.3) is 0 Å². The van der Waals surface area contributed by atoms with Gasteiger partial charge in [-0.25, -0.2) is 0 Å². The Hall–Kier alpha value is -1.05. The average molecular weight is 249 g/mol. The van der Waals surface area contributed by atoms with Gasteiger partial charge >= 0.3 is 0 Å². The Morgan fingerprint density at radius 1 is 1.18 bits per heavy atom. The van der Waals surface area contributed by atoms with Crippen LogP contribution in [0, 0.1) is 0 Å². The summed E-state index contributed by atoms with van der Waals surface area (Å²) in [7, 11) is 0. The van der Waals surface area contributed by atoms with E-state index in [1.165, 1.54) is 5.56 Å². The molecule has 2 rings (SSSR count). The Kier molecular flexibility index (Phi) is 4.41. The molecule has 1 aliphatic carbocycles. The molecule has 2 heteroatoms. The zero-order chi connectivity index (χ0) is 12.0. The van der Waals surface area contributed by atoms with Crippen LogP contribution in [0.5, 0.6) is 0 Å². The zero-order valence-corrected chi connectivity index (χ0v) is 10.6. The summed E-state index contributed by atoms with van der Waals surface area (Å²) in [6, 6.07) is 10.4. The van der Waals surface area contributed by atoms with E-state index in [0.29, 0.717) is 12.5 Å². The van der Waals surface area contributed by atoms with E-state index in [2.05, 4.69) is 36.4 Å². The van der Waals surface area contributed by atoms with Crippen molar-refractivity contribution in [1.82, 2.24) is 0 Å². The van der Waals surface area contributed by atoms with Crippen LogP contribution < -0.4 is 0 Å². The lowest BCUT2D eigenvalue weighted by atomic mass is 9.87. The summed E-state index contributed by atoms with van der Waals surface area (Å²) in [6.45, 7) is 0.691. The zero-order valence-electron chi connectivity index (χ0n) is 9.81. The Labute approximate surface area is 108 Å². The normalized spacial score (nSPS) is 22.9. The van der Waals surface area contributed by atoms with Crippen LogP contribution in [0.4, 0.5) is 0 Å². The lowest BCUT2D eigenvalue weighted by molar-refractivity contribution is -0.0105. The molecule has 0 radical (unpaired) electrons. The van der Waals surface area contributed by atoms with Gasteiger partial charge in [0.25, 0.3) is 0 Å². The molecule has 1 atom stereocenters. The fraction of sp³-hybridized carbons (Fsp3) is 0.333. The van der Waals surface area contributed by atoms with Crippen LogP contribution in [-0.2, 0) is 10.3 Å². The lowest BCUT2D eigenvalue weighted by Crippen LogP contribution is -2.28. The molecule has 17 heavy (non-hydrogen) atoms. The third-order valence-electron chi connectivity index (χ3n) is 2.93. The standard InChI is InChI=1S/C15H17ClO/c16-12-7-13-17-15(10-5-2-6-11-15)14-8-3-1-4-9-14/h1-6,8-10H,7,11-13H2. The molecule has 0 N–H and O–H groups in total. The van der Waals surface area contributed by atoms with Crippen molar-refractivity contribution >= 4 is 11.6 Å². The van der Waals surface area contributed by atoms with E-state index < -0.39 is 0 Å². The molecular weight excluding hydrogens is 232 g/mol. The van der Waals surface area contributed by atoms with Gasteiger partial charge in [-0.15, -0.1) is 11.6 Å². The number of ether oxygens (including phenoxy) is 1. The molecule has 0 saturated carbocycles. The molecule has 1 nitrogen and oxygen atoms in total. The largest absolute Gasteiger partial charge is 0.366 e. The van der Waals surface area contributed by atoms with Crippen molar-refractivity contribution in [2.75, 3.05) is 12.5 Å². The molecule has 0 spiro atoms. The molecule has 0 aliphatic heterocycles. The van der Waals surface area contributed by atoms with Gasteiger partial charge in [0.05, 0.1) is 0 Å². The second-order valence-corrected chi connectivity index (χ2v) is 4.52. The molecule has 0 aromatic heterocycles. The van der Waals surface area contributed by atoms with E-state index in [9.17, 15) is 0 Å². The molecule has 1 aromatic carbocycles. The van der Waals surface area contributed by atoms with Crippen LogP contribution >= 0.6 is 11.6 Å². The molecule has 90 valence electrons. The van der Waals surface area contributed by atoms with Crippen molar-refractivity contribution < 1.29 is 4.74 Å². The summed E-state index contributed by atoms with van der Waals surface area (Å²) in [5.74, 6) is 0.643. The molecule has 1 aliphatic rings. The van der Waals surface area contributed by atoms with Gasteiger partial charge in [0.15, 0.2) is 0 Å². The van der Waals surface area contributed by atoms with Crippen LogP contribution in [0.15, 0.2) is 54.6 Å². The van der Waals surface area contributed by atoms with Crippen molar-refractivity contribution in [3.8, 4) is 0 Å². The van der Waals surface area contributed by atoms with E-state index in [1.54, 1.807) is 0 Å². The molecule has 0 amide bonds. The van der Waals surface area contributed by atoms with Crippen molar-refractivity contribution in [2.24, 2.45) is 0 Å². The number of benzene rings is 1. The fourth-order valence-electron chi connectivity index (χ4n) is 2.03. The predicted molar refractivity (Wildman–Crippen MR) is 72.3 cm³/mol. The first-order valence-corrected chi connectivity index (χ1v) is 6.51. The predicted octanol–water partition coefficient (Wildman–Crippen LogP) is 4.04. The summed E-state index contributed by atoms with van der Waals surface area (Å²) < 4.78 is 6.07. The quantitative estimate of drug-likeness (QED) is 0.564. The second-order valence-electron chi connectivity index (χ2n) is 4.14. The van der Waals surface area contributed by atoms with Gasteiger partial charge in [0, 0.05) is 18.9 Å². The molecule has 1 unspecified atom stereocenters. The van der Waals surface area contributed by atoms with E-state index in [-0.39, 0.29) is 5.60 Å². The molecular formula is C15H17ClO. The summed E-state index contributed by atoms with van der Waals surface area (Å²) in [5, 5.41) is 0. The maximum atomic E-state index is 6.07. The Balaban J connectivity index is 2.19. The summed E-state index contributed by atoms with van der Waals surface area (Å²) >= 11 is 5.70. The first-order chi connectivity index (χ1) is 8.37. The number of hydrogen-bond donors (Lipinski definition) is 0. The smallest absolute Gasteiger partial charge is 0.115 e.